The van der Waals surface area contributed by atoms with E-state index in [1.165, 1.54) is 17.4 Å². The number of hydrogen-bond acceptors (Lipinski definition) is 3. The molecule has 2 rings (SSSR count). The summed E-state index contributed by atoms with van der Waals surface area (Å²) in [5.74, 6) is -0.259. The maximum atomic E-state index is 13.8. The van der Waals surface area contributed by atoms with Crippen molar-refractivity contribution in [3.05, 3.63) is 49.8 Å². The molecule has 6 heteroatoms. The van der Waals surface area contributed by atoms with Gasteiger partial charge in [0.15, 0.2) is 0 Å². The lowest BCUT2D eigenvalue weighted by molar-refractivity contribution is 0.605. The molecule has 1 unspecified atom stereocenters. The second-order valence-corrected chi connectivity index (χ2v) is 6.62. The number of likely N-dealkylation sites (N-methyl/N-ethyl adjacent to an activating group) is 1. The van der Waals surface area contributed by atoms with Gasteiger partial charge in [0, 0.05) is 22.9 Å². The van der Waals surface area contributed by atoms with Crippen molar-refractivity contribution in [2.24, 2.45) is 5.73 Å². The SMILES string of the molecule is CN(c1ccccc1F)C(CN)c1cc(Br)c(Cl)s1. The molecule has 1 heterocycles. The Bertz CT molecular complexity index is 556. The smallest absolute Gasteiger partial charge is 0.146 e. The number of hydrogen-bond donors (Lipinski definition) is 1. The van der Waals surface area contributed by atoms with Crippen LogP contribution in [0.2, 0.25) is 4.34 Å². The van der Waals surface area contributed by atoms with E-state index in [4.69, 9.17) is 17.3 Å². The zero-order chi connectivity index (χ0) is 14.0. The molecule has 1 aromatic heterocycles. The van der Waals surface area contributed by atoms with Crippen LogP contribution in [0.5, 0.6) is 0 Å². The second-order valence-electron chi connectivity index (χ2n) is 4.08. The van der Waals surface area contributed by atoms with Crippen LogP contribution >= 0.6 is 38.9 Å². The molecular formula is C13H13BrClFN2S. The standard InChI is InChI=1S/C13H13BrClFN2S/c1-18(10-5-3-2-4-9(10)16)11(7-17)12-6-8(14)13(15)19-12/h2-6,11H,7,17H2,1H3. The third kappa shape index (κ3) is 3.11. The van der Waals surface area contributed by atoms with Crippen LogP contribution in [0.15, 0.2) is 34.8 Å². The minimum Gasteiger partial charge on any atom is -0.363 e. The van der Waals surface area contributed by atoms with E-state index in [2.05, 4.69) is 15.9 Å². The topological polar surface area (TPSA) is 29.3 Å². The first-order valence-corrected chi connectivity index (χ1v) is 7.65. The maximum absolute atomic E-state index is 13.8. The van der Waals surface area contributed by atoms with E-state index in [9.17, 15) is 4.39 Å². The lowest BCUT2D eigenvalue weighted by Crippen LogP contribution is -2.30. The van der Waals surface area contributed by atoms with Gasteiger partial charge < -0.3 is 10.6 Å². The average molecular weight is 364 g/mol. The van der Waals surface area contributed by atoms with Crippen LogP contribution in [-0.4, -0.2) is 13.6 Å². The van der Waals surface area contributed by atoms with Crippen molar-refractivity contribution in [2.75, 3.05) is 18.5 Å². The molecule has 1 atom stereocenters. The fraction of sp³-hybridized carbons (Fsp3) is 0.231. The third-order valence-electron chi connectivity index (χ3n) is 2.92. The van der Waals surface area contributed by atoms with Gasteiger partial charge in [-0.15, -0.1) is 11.3 Å². The Hall–Kier alpha value is -0.620. The number of nitrogens with two attached hydrogens (primary N) is 1. The minimum absolute atomic E-state index is 0.106. The number of para-hydroxylation sites is 1. The molecule has 102 valence electrons. The lowest BCUT2D eigenvalue weighted by atomic mass is 10.2. The van der Waals surface area contributed by atoms with Gasteiger partial charge in [-0.3, -0.25) is 0 Å². The molecule has 1 aromatic carbocycles. The van der Waals surface area contributed by atoms with E-state index >= 15 is 0 Å². The van der Waals surface area contributed by atoms with Crippen LogP contribution in [0.3, 0.4) is 0 Å². The first-order chi connectivity index (χ1) is 9.04. The minimum atomic E-state index is -0.259. The number of thiophene rings is 1. The summed E-state index contributed by atoms with van der Waals surface area (Å²) in [6, 6.07) is 8.48. The van der Waals surface area contributed by atoms with E-state index in [-0.39, 0.29) is 11.9 Å². The summed E-state index contributed by atoms with van der Waals surface area (Å²) in [6.07, 6.45) is 0. The van der Waals surface area contributed by atoms with Crippen LogP contribution in [0, 0.1) is 5.82 Å². The highest BCUT2D eigenvalue weighted by Crippen LogP contribution is 2.38. The molecule has 2 nitrogen and oxygen atoms in total. The average Bonchev–Trinajstić information content (AvgIpc) is 2.70. The highest BCUT2D eigenvalue weighted by atomic mass is 79.9. The van der Waals surface area contributed by atoms with Crippen molar-refractivity contribution < 1.29 is 4.39 Å². The van der Waals surface area contributed by atoms with Crippen molar-refractivity contribution >= 4 is 44.6 Å². The van der Waals surface area contributed by atoms with Crippen LogP contribution < -0.4 is 10.6 Å². The number of rotatable bonds is 4. The number of halogens is 3. The first kappa shape index (κ1) is 14.8. The van der Waals surface area contributed by atoms with Gasteiger partial charge in [-0.25, -0.2) is 4.39 Å². The largest absolute Gasteiger partial charge is 0.363 e. The molecule has 0 amide bonds. The Morgan fingerprint density at radius 3 is 2.68 bits per heavy atom. The maximum Gasteiger partial charge on any atom is 0.146 e. The van der Waals surface area contributed by atoms with Gasteiger partial charge in [0.05, 0.1) is 11.7 Å². The summed E-state index contributed by atoms with van der Waals surface area (Å²) in [7, 11) is 1.83. The summed E-state index contributed by atoms with van der Waals surface area (Å²) >= 11 is 10.9. The molecule has 19 heavy (non-hydrogen) atoms. The number of benzene rings is 1. The summed E-state index contributed by atoms with van der Waals surface area (Å²) in [5.41, 5.74) is 6.36. The summed E-state index contributed by atoms with van der Waals surface area (Å²) < 4.78 is 15.3. The van der Waals surface area contributed by atoms with Crippen LogP contribution in [0.4, 0.5) is 10.1 Å². The second kappa shape index (κ2) is 6.22. The van der Waals surface area contributed by atoms with Gasteiger partial charge in [-0.05, 0) is 34.1 Å². The van der Waals surface area contributed by atoms with Gasteiger partial charge >= 0.3 is 0 Å². The summed E-state index contributed by atoms with van der Waals surface area (Å²) in [6.45, 7) is 0.383. The molecular weight excluding hydrogens is 351 g/mol. The summed E-state index contributed by atoms with van der Waals surface area (Å²) in [5, 5.41) is 0. The molecule has 0 spiro atoms. The fourth-order valence-corrected chi connectivity index (χ4v) is 3.79. The molecule has 0 fully saturated rings. The Morgan fingerprint density at radius 1 is 1.47 bits per heavy atom. The molecule has 0 aliphatic carbocycles. The van der Waals surface area contributed by atoms with Crippen LogP contribution in [0.1, 0.15) is 10.9 Å². The molecule has 0 saturated carbocycles. The van der Waals surface area contributed by atoms with Crippen molar-refractivity contribution in [1.29, 1.82) is 0 Å². The Morgan fingerprint density at radius 2 is 2.16 bits per heavy atom. The molecule has 0 aliphatic heterocycles. The zero-order valence-corrected chi connectivity index (χ0v) is 13.4. The van der Waals surface area contributed by atoms with E-state index in [1.54, 1.807) is 18.2 Å². The van der Waals surface area contributed by atoms with Gasteiger partial charge in [-0.2, -0.15) is 0 Å². The van der Waals surface area contributed by atoms with E-state index in [0.29, 0.717) is 16.6 Å². The van der Waals surface area contributed by atoms with Gasteiger partial charge in [-0.1, -0.05) is 23.7 Å². The summed E-state index contributed by atoms with van der Waals surface area (Å²) in [4.78, 5) is 2.84. The van der Waals surface area contributed by atoms with Crippen molar-refractivity contribution in [2.45, 2.75) is 6.04 Å². The number of anilines is 1. The predicted molar refractivity (Wildman–Crippen MR) is 83.6 cm³/mol. The van der Waals surface area contributed by atoms with Gasteiger partial charge in [0.2, 0.25) is 0 Å². The third-order valence-corrected chi connectivity index (χ3v) is 5.49. The van der Waals surface area contributed by atoms with Gasteiger partial charge in [0.25, 0.3) is 0 Å². The molecule has 0 saturated heterocycles. The van der Waals surface area contributed by atoms with Gasteiger partial charge in [0.1, 0.15) is 10.2 Å². The van der Waals surface area contributed by atoms with E-state index in [0.717, 1.165) is 9.35 Å². The fourth-order valence-electron chi connectivity index (χ4n) is 1.90. The highest BCUT2D eigenvalue weighted by Gasteiger charge is 2.21. The van der Waals surface area contributed by atoms with E-state index in [1.807, 2.05) is 18.0 Å². The predicted octanol–water partition coefficient (Wildman–Crippen LogP) is 4.44. The van der Waals surface area contributed by atoms with Crippen molar-refractivity contribution in [3.63, 3.8) is 0 Å². The number of nitrogens with zero attached hydrogens (tertiary/aromatic N) is 1. The Labute approximate surface area is 129 Å². The Kier molecular flexibility index (Phi) is 4.84. The van der Waals surface area contributed by atoms with Crippen LogP contribution in [0.25, 0.3) is 0 Å². The molecule has 0 bridgehead atoms. The quantitative estimate of drug-likeness (QED) is 0.870. The Balaban J connectivity index is 2.34. The normalized spacial score (nSPS) is 12.5. The lowest BCUT2D eigenvalue weighted by Gasteiger charge is -2.28. The van der Waals surface area contributed by atoms with Crippen LogP contribution in [-0.2, 0) is 0 Å². The van der Waals surface area contributed by atoms with E-state index < -0.39 is 0 Å². The van der Waals surface area contributed by atoms with Crippen molar-refractivity contribution in [1.82, 2.24) is 0 Å². The molecule has 2 N–H and O–H groups in total. The molecule has 2 aromatic rings. The van der Waals surface area contributed by atoms with Crippen molar-refractivity contribution in [3.8, 4) is 0 Å². The molecule has 0 radical (unpaired) electrons. The monoisotopic (exact) mass is 362 g/mol. The first-order valence-electron chi connectivity index (χ1n) is 5.66. The molecule has 0 aliphatic rings. The highest BCUT2D eigenvalue weighted by molar-refractivity contribution is 9.10. The zero-order valence-electron chi connectivity index (χ0n) is 10.2.